The SMILES string of the molecule is CC1=C(CN)C(N)C(=C=O)C(OC(C)(C)C)=N1. The Bertz CT molecular complexity index is 424. The second-order valence-corrected chi connectivity index (χ2v) is 4.94. The van der Waals surface area contributed by atoms with Gasteiger partial charge < -0.3 is 16.2 Å². The van der Waals surface area contributed by atoms with Crippen molar-refractivity contribution in [2.45, 2.75) is 39.3 Å². The van der Waals surface area contributed by atoms with E-state index in [1.807, 2.05) is 26.7 Å². The maximum atomic E-state index is 11.0. The maximum absolute atomic E-state index is 11.0. The van der Waals surface area contributed by atoms with Gasteiger partial charge in [0.2, 0.25) is 5.90 Å². The number of allylic oxidation sites excluding steroid dienone is 1. The first-order chi connectivity index (χ1) is 7.80. The lowest BCUT2D eigenvalue weighted by Crippen LogP contribution is -2.39. The normalized spacial score (nSPS) is 21.2. The second-order valence-electron chi connectivity index (χ2n) is 4.94. The molecule has 0 spiro atoms. The maximum Gasteiger partial charge on any atom is 0.230 e. The monoisotopic (exact) mass is 237 g/mol. The fourth-order valence-electron chi connectivity index (χ4n) is 1.57. The average molecular weight is 237 g/mol. The summed E-state index contributed by atoms with van der Waals surface area (Å²) in [5, 5.41) is 0. The number of hydrogen-bond donors (Lipinski definition) is 2. The van der Waals surface area contributed by atoms with Crippen LogP contribution in [0.1, 0.15) is 27.7 Å². The van der Waals surface area contributed by atoms with Gasteiger partial charge in [0.25, 0.3) is 0 Å². The van der Waals surface area contributed by atoms with E-state index in [2.05, 4.69) is 4.99 Å². The summed E-state index contributed by atoms with van der Waals surface area (Å²) in [6.45, 7) is 7.70. The fraction of sp³-hybridized carbons (Fsp3) is 0.583. The van der Waals surface area contributed by atoms with Gasteiger partial charge in [0.15, 0.2) is 0 Å². The van der Waals surface area contributed by atoms with Gasteiger partial charge in [-0.15, -0.1) is 0 Å². The highest BCUT2D eigenvalue weighted by molar-refractivity contribution is 6.04. The topological polar surface area (TPSA) is 90.7 Å². The molecule has 0 aromatic heterocycles. The van der Waals surface area contributed by atoms with Crippen molar-refractivity contribution in [1.82, 2.24) is 0 Å². The van der Waals surface area contributed by atoms with Gasteiger partial charge in [-0.25, -0.2) is 9.79 Å². The van der Waals surface area contributed by atoms with Gasteiger partial charge in [-0.2, -0.15) is 0 Å². The van der Waals surface area contributed by atoms with Gasteiger partial charge in [0.1, 0.15) is 17.1 Å². The largest absolute Gasteiger partial charge is 0.471 e. The molecule has 5 heteroatoms. The molecule has 5 nitrogen and oxygen atoms in total. The minimum atomic E-state index is -0.577. The van der Waals surface area contributed by atoms with Crippen LogP contribution in [0.2, 0.25) is 0 Å². The molecule has 0 aromatic carbocycles. The first kappa shape index (κ1) is 13.6. The zero-order valence-corrected chi connectivity index (χ0v) is 10.7. The highest BCUT2D eigenvalue weighted by Crippen LogP contribution is 2.23. The average Bonchev–Trinajstić information content (AvgIpc) is 2.15. The van der Waals surface area contributed by atoms with Gasteiger partial charge in [0, 0.05) is 12.2 Å². The van der Waals surface area contributed by atoms with Crippen LogP contribution in [0.25, 0.3) is 0 Å². The Hall–Kier alpha value is -1.42. The van der Waals surface area contributed by atoms with Crippen LogP contribution in [-0.2, 0) is 9.53 Å². The molecule has 0 aromatic rings. The molecule has 1 atom stereocenters. The fourth-order valence-corrected chi connectivity index (χ4v) is 1.57. The van der Waals surface area contributed by atoms with E-state index in [-0.39, 0.29) is 18.0 Å². The lowest BCUT2D eigenvalue weighted by atomic mass is 9.96. The molecule has 0 amide bonds. The number of nitrogens with two attached hydrogens (primary N) is 2. The Morgan fingerprint density at radius 1 is 1.47 bits per heavy atom. The summed E-state index contributed by atoms with van der Waals surface area (Å²) >= 11 is 0. The van der Waals surface area contributed by atoms with Crippen molar-refractivity contribution >= 4 is 11.8 Å². The Kier molecular flexibility index (Phi) is 3.88. The van der Waals surface area contributed by atoms with Crippen LogP contribution in [0.4, 0.5) is 0 Å². The van der Waals surface area contributed by atoms with E-state index in [1.54, 1.807) is 6.92 Å². The number of hydrogen-bond acceptors (Lipinski definition) is 5. The molecule has 1 aliphatic rings. The molecule has 1 rings (SSSR count). The predicted octanol–water partition coefficient (Wildman–Crippen LogP) is 0.532. The van der Waals surface area contributed by atoms with Crippen molar-refractivity contribution in [2.24, 2.45) is 16.5 Å². The van der Waals surface area contributed by atoms with Crippen LogP contribution < -0.4 is 11.5 Å². The standard InChI is InChI=1S/C12H19N3O2/c1-7-8(5-13)10(14)9(6-16)11(15-7)17-12(2,3)4/h10H,5,13-14H2,1-4H3. The van der Waals surface area contributed by atoms with Crippen LogP contribution in [0, 0.1) is 0 Å². The molecule has 94 valence electrons. The minimum Gasteiger partial charge on any atom is -0.471 e. The summed E-state index contributed by atoms with van der Waals surface area (Å²) in [5.74, 6) is 2.05. The molecule has 4 N–H and O–H groups in total. The van der Waals surface area contributed by atoms with Gasteiger partial charge in [-0.1, -0.05) is 0 Å². The molecule has 0 fully saturated rings. The van der Waals surface area contributed by atoms with Crippen LogP contribution >= 0.6 is 0 Å². The van der Waals surface area contributed by atoms with Gasteiger partial charge >= 0.3 is 0 Å². The van der Waals surface area contributed by atoms with E-state index in [4.69, 9.17) is 16.2 Å². The third-order valence-electron chi connectivity index (χ3n) is 2.38. The summed E-state index contributed by atoms with van der Waals surface area (Å²) < 4.78 is 5.61. The van der Waals surface area contributed by atoms with Crippen molar-refractivity contribution in [3.05, 3.63) is 16.8 Å². The van der Waals surface area contributed by atoms with Crippen molar-refractivity contribution in [3.63, 3.8) is 0 Å². The van der Waals surface area contributed by atoms with Crippen molar-refractivity contribution in [3.8, 4) is 0 Å². The number of carbonyl (C=O) groups excluding carboxylic acids is 1. The molecule has 1 aliphatic heterocycles. The summed E-state index contributed by atoms with van der Waals surface area (Å²) in [6, 6.07) is -0.577. The molecular formula is C12H19N3O2. The number of rotatable bonds is 1. The summed E-state index contributed by atoms with van der Waals surface area (Å²) in [5.41, 5.74) is 12.8. The van der Waals surface area contributed by atoms with E-state index in [0.717, 1.165) is 5.57 Å². The quantitative estimate of drug-likeness (QED) is 0.651. The van der Waals surface area contributed by atoms with E-state index >= 15 is 0 Å². The number of nitrogens with zero attached hydrogens (tertiary/aromatic N) is 1. The smallest absolute Gasteiger partial charge is 0.230 e. The lowest BCUT2D eigenvalue weighted by Gasteiger charge is -2.28. The lowest BCUT2D eigenvalue weighted by molar-refractivity contribution is 0.116. The summed E-state index contributed by atoms with van der Waals surface area (Å²) in [6.07, 6.45) is 0. The van der Waals surface area contributed by atoms with Crippen molar-refractivity contribution in [2.75, 3.05) is 6.54 Å². The highest BCUT2D eigenvalue weighted by atomic mass is 16.5. The van der Waals surface area contributed by atoms with Crippen LogP contribution in [0.3, 0.4) is 0 Å². The van der Waals surface area contributed by atoms with Crippen LogP contribution in [0.5, 0.6) is 0 Å². The molecule has 0 radical (unpaired) electrons. The van der Waals surface area contributed by atoms with Crippen LogP contribution in [0.15, 0.2) is 21.8 Å². The molecule has 0 saturated heterocycles. The Balaban J connectivity index is 3.20. The predicted molar refractivity (Wildman–Crippen MR) is 67.2 cm³/mol. The van der Waals surface area contributed by atoms with Crippen LogP contribution in [-0.4, -0.2) is 30.0 Å². The van der Waals surface area contributed by atoms with E-state index in [9.17, 15) is 4.79 Å². The van der Waals surface area contributed by atoms with Gasteiger partial charge in [-0.3, -0.25) is 0 Å². The Labute approximate surface area is 101 Å². The summed E-state index contributed by atoms with van der Waals surface area (Å²) in [4.78, 5) is 15.2. The number of ether oxygens (including phenoxy) is 1. The van der Waals surface area contributed by atoms with E-state index in [0.29, 0.717) is 5.70 Å². The molecule has 0 saturated carbocycles. The molecule has 17 heavy (non-hydrogen) atoms. The minimum absolute atomic E-state index is 0.228. The first-order valence-electron chi connectivity index (χ1n) is 5.48. The van der Waals surface area contributed by atoms with Crippen molar-refractivity contribution < 1.29 is 9.53 Å². The van der Waals surface area contributed by atoms with E-state index < -0.39 is 11.6 Å². The van der Waals surface area contributed by atoms with E-state index in [1.165, 1.54) is 0 Å². The van der Waals surface area contributed by atoms with Crippen molar-refractivity contribution in [1.29, 1.82) is 0 Å². The van der Waals surface area contributed by atoms with Gasteiger partial charge in [0.05, 0.1) is 6.04 Å². The molecule has 0 aliphatic carbocycles. The van der Waals surface area contributed by atoms with Gasteiger partial charge in [-0.05, 0) is 33.3 Å². The Morgan fingerprint density at radius 2 is 2.06 bits per heavy atom. The third kappa shape index (κ3) is 3.03. The molecule has 0 bridgehead atoms. The summed E-state index contributed by atoms with van der Waals surface area (Å²) in [7, 11) is 0. The first-order valence-corrected chi connectivity index (χ1v) is 5.48. The molecular weight excluding hydrogens is 218 g/mol. The third-order valence-corrected chi connectivity index (χ3v) is 2.38. The zero-order chi connectivity index (χ0) is 13.2. The molecule has 1 heterocycles. The Morgan fingerprint density at radius 3 is 2.47 bits per heavy atom. The second kappa shape index (κ2) is 4.84. The zero-order valence-electron chi connectivity index (χ0n) is 10.7. The number of aliphatic imine (C=N–C) groups is 1. The molecule has 1 unspecified atom stereocenters. The highest BCUT2D eigenvalue weighted by Gasteiger charge is 2.30.